The molecule has 110 valence electrons. The number of anilines is 1. The Hall–Kier alpha value is -1.36. The number of nitrogens with two attached hydrogens (primary N) is 1. The Morgan fingerprint density at radius 3 is 2.67 bits per heavy atom. The Morgan fingerprint density at radius 1 is 1.19 bits per heavy atom. The molecule has 0 spiro atoms. The summed E-state index contributed by atoms with van der Waals surface area (Å²) in [4.78, 5) is 13.6. The summed E-state index contributed by atoms with van der Waals surface area (Å²) in [5.41, 5.74) is 6.97. The molecule has 0 radical (unpaired) electrons. The molecule has 3 nitrogen and oxygen atoms in total. The van der Waals surface area contributed by atoms with Gasteiger partial charge in [-0.25, -0.2) is 0 Å². The number of hydrogen-bond acceptors (Lipinski definition) is 3. The number of carbonyl (C=O) groups excluding carboxylic acids is 1. The van der Waals surface area contributed by atoms with Crippen molar-refractivity contribution < 1.29 is 4.79 Å². The third kappa shape index (κ3) is 4.06. The SMILES string of the molecule is CCNC(=O)c1ccc(N)cc1Sc1cc(Cl)ccc1Cl. The summed E-state index contributed by atoms with van der Waals surface area (Å²) in [7, 11) is 0. The largest absolute Gasteiger partial charge is 0.399 e. The van der Waals surface area contributed by atoms with E-state index in [2.05, 4.69) is 5.32 Å². The quantitative estimate of drug-likeness (QED) is 0.807. The zero-order valence-electron chi connectivity index (χ0n) is 11.3. The van der Waals surface area contributed by atoms with Crippen LogP contribution in [0.4, 0.5) is 5.69 Å². The number of nitrogen functional groups attached to an aromatic ring is 1. The molecule has 0 unspecified atom stereocenters. The van der Waals surface area contributed by atoms with Crippen molar-refractivity contribution in [1.29, 1.82) is 0 Å². The van der Waals surface area contributed by atoms with Gasteiger partial charge in [-0.3, -0.25) is 4.79 Å². The smallest absolute Gasteiger partial charge is 0.252 e. The number of rotatable bonds is 4. The predicted octanol–water partition coefficient (Wildman–Crippen LogP) is 4.48. The molecule has 0 bridgehead atoms. The minimum atomic E-state index is -0.141. The molecule has 21 heavy (non-hydrogen) atoms. The zero-order chi connectivity index (χ0) is 15.4. The van der Waals surface area contributed by atoms with Gasteiger partial charge in [0.1, 0.15) is 0 Å². The molecule has 6 heteroatoms. The second-order valence-corrected chi connectivity index (χ2v) is 6.22. The lowest BCUT2D eigenvalue weighted by Crippen LogP contribution is -2.23. The molecule has 0 aliphatic rings. The van der Waals surface area contributed by atoms with E-state index < -0.39 is 0 Å². The third-order valence-corrected chi connectivity index (χ3v) is 4.49. The van der Waals surface area contributed by atoms with Crippen LogP contribution in [0.25, 0.3) is 0 Å². The summed E-state index contributed by atoms with van der Waals surface area (Å²) in [5.74, 6) is -0.141. The van der Waals surface area contributed by atoms with Crippen LogP contribution < -0.4 is 11.1 Å². The van der Waals surface area contributed by atoms with Crippen molar-refractivity contribution in [3.63, 3.8) is 0 Å². The standard InChI is InChI=1S/C15H14Cl2N2OS/c1-2-19-15(20)11-5-4-10(18)8-13(11)21-14-7-9(16)3-6-12(14)17/h3-8H,2,18H2,1H3,(H,19,20). The molecule has 1 amide bonds. The third-order valence-electron chi connectivity index (χ3n) is 2.70. The molecule has 0 saturated heterocycles. The number of halogens is 2. The van der Waals surface area contributed by atoms with Gasteiger partial charge in [-0.2, -0.15) is 0 Å². The van der Waals surface area contributed by atoms with E-state index in [0.29, 0.717) is 27.8 Å². The van der Waals surface area contributed by atoms with Gasteiger partial charge < -0.3 is 11.1 Å². The summed E-state index contributed by atoms with van der Waals surface area (Å²) in [5, 5.41) is 3.95. The van der Waals surface area contributed by atoms with Gasteiger partial charge in [0.2, 0.25) is 0 Å². The molecule has 0 aromatic heterocycles. The first kappa shape index (κ1) is 16.0. The van der Waals surface area contributed by atoms with Crippen LogP contribution >= 0.6 is 35.0 Å². The van der Waals surface area contributed by atoms with E-state index in [-0.39, 0.29) is 5.91 Å². The maximum Gasteiger partial charge on any atom is 0.252 e. The lowest BCUT2D eigenvalue weighted by atomic mass is 10.2. The molecule has 2 rings (SSSR count). The fourth-order valence-electron chi connectivity index (χ4n) is 1.74. The highest BCUT2D eigenvalue weighted by Crippen LogP contribution is 2.37. The van der Waals surface area contributed by atoms with E-state index in [1.165, 1.54) is 11.8 Å². The number of hydrogen-bond donors (Lipinski definition) is 2. The highest BCUT2D eigenvalue weighted by Gasteiger charge is 2.14. The summed E-state index contributed by atoms with van der Waals surface area (Å²) in [6, 6.07) is 10.4. The monoisotopic (exact) mass is 340 g/mol. The maximum atomic E-state index is 12.1. The van der Waals surface area contributed by atoms with Crippen LogP contribution in [0.5, 0.6) is 0 Å². The Labute approximate surface area is 137 Å². The fourth-order valence-corrected chi connectivity index (χ4v) is 3.26. The molecule has 2 aromatic carbocycles. The van der Waals surface area contributed by atoms with E-state index in [4.69, 9.17) is 28.9 Å². The van der Waals surface area contributed by atoms with E-state index >= 15 is 0 Å². The lowest BCUT2D eigenvalue weighted by molar-refractivity contribution is 0.0953. The Bertz CT molecular complexity index is 677. The minimum absolute atomic E-state index is 0.141. The number of benzene rings is 2. The normalized spacial score (nSPS) is 10.4. The topological polar surface area (TPSA) is 55.1 Å². The first-order valence-electron chi connectivity index (χ1n) is 6.32. The van der Waals surface area contributed by atoms with Gasteiger partial charge in [0, 0.05) is 27.0 Å². The number of nitrogens with one attached hydrogen (secondary N) is 1. The van der Waals surface area contributed by atoms with Crippen LogP contribution in [0.2, 0.25) is 10.0 Å². The lowest BCUT2D eigenvalue weighted by Gasteiger charge is -2.11. The molecule has 0 saturated carbocycles. The predicted molar refractivity (Wildman–Crippen MR) is 89.4 cm³/mol. The first-order chi connectivity index (χ1) is 10.0. The van der Waals surface area contributed by atoms with E-state index in [9.17, 15) is 4.79 Å². The van der Waals surface area contributed by atoms with Crippen molar-refractivity contribution >= 4 is 46.6 Å². The Kier molecular flexibility index (Phi) is 5.39. The molecular formula is C15H14Cl2N2OS. The van der Waals surface area contributed by atoms with Gasteiger partial charge >= 0.3 is 0 Å². The summed E-state index contributed by atoms with van der Waals surface area (Å²) < 4.78 is 0. The molecule has 0 fully saturated rings. The Balaban J connectivity index is 2.40. The van der Waals surface area contributed by atoms with Crippen molar-refractivity contribution in [2.75, 3.05) is 12.3 Å². The first-order valence-corrected chi connectivity index (χ1v) is 7.89. The summed E-state index contributed by atoms with van der Waals surface area (Å²) in [6.45, 7) is 2.43. The van der Waals surface area contributed by atoms with Crippen molar-refractivity contribution in [2.24, 2.45) is 0 Å². The highest BCUT2D eigenvalue weighted by molar-refractivity contribution is 7.99. The van der Waals surface area contributed by atoms with Gasteiger partial charge in [0.25, 0.3) is 5.91 Å². The van der Waals surface area contributed by atoms with Crippen LogP contribution in [-0.4, -0.2) is 12.5 Å². The van der Waals surface area contributed by atoms with Gasteiger partial charge in [-0.15, -0.1) is 0 Å². The van der Waals surface area contributed by atoms with Gasteiger partial charge in [0.15, 0.2) is 0 Å². The molecule has 0 aliphatic heterocycles. The molecule has 0 heterocycles. The van der Waals surface area contributed by atoms with Crippen LogP contribution in [0, 0.1) is 0 Å². The Morgan fingerprint density at radius 2 is 1.95 bits per heavy atom. The second-order valence-electron chi connectivity index (χ2n) is 4.29. The number of amides is 1. The summed E-state index contributed by atoms with van der Waals surface area (Å²) >= 11 is 13.5. The van der Waals surface area contributed by atoms with E-state index in [1.807, 2.05) is 6.92 Å². The highest BCUT2D eigenvalue weighted by atomic mass is 35.5. The average molecular weight is 341 g/mol. The van der Waals surface area contributed by atoms with Crippen LogP contribution in [0.3, 0.4) is 0 Å². The molecule has 0 atom stereocenters. The van der Waals surface area contributed by atoms with Crippen LogP contribution in [0.15, 0.2) is 46.2 Å². The molecule has 2 aromatic rings. The van der Waals surface area contributed by atoms with Crippen molar-refractivity contribution in [3.8, 4) is 0 Å². The van der Waals surface area contributed by atoms with Crippen LogP contribution in [0.1, 0.15) is 17.3 Å². The van der Waals surface area contributed by atoms with Crippen molar-refractivity contribution in [1.82, 2.24) is 5.32 Å². The molecule has 0 aliphatic carbocycles. The molecular weight excluding hydrogens is 327 g/mol. The minimum Gasteiger partial charge on any atom is -0.399 e. The molecule has 3 N–H and O–H groups in total. The van der Waals surface area contributed by atoms with Crippen LogP contribution in [-0.2, 0) is 0 Å². The average Bonchev–Trinajstić information content (AvgIpc) is 2.43. The van der Waals surface area contributed by atoms with Gasteiger partial charge in [-0.1, -0.05) is 35.0 Å². The maximum absolute atomic E-state index is 12.1. The summed E-state index contributed by atoms with van der Waals surface area (Å²) in [6.07, 6.45) is 0. The number of carbonyl (C=O) groups is 1. The van der Waals surface area contributed by atoms with E-state index in [1.54, 1.807) is 36.4 Å². The zero-order valence-corrected chi connectivity index (χ0v) is 13.6. The van der Waals surface area contributed by atoms with E-state index in [0.717, 1.165) is 9.79 Å². The second kappa shape index (κ2) is 7.07. The van der Waals surface area contributed by atoms with Gasteiger partial charge in [0.05, 0.1) is 10.6 Å². The van der Waals surface area contributed by atoms with Crippen molar-refractivity contribution in [2.45, 2.75) is 16.7 Å². The van der Waals surface area contributed by atoms with Crippen molar-refractivity contribution in [3.05, 3.63) is 52.0 Å². The fraction of sp³-hybridized carbons (Fsp3) is 0.133. The van der Waals surface area contributed by atoms with Gasteiger partial charge in [-0.05, 0) is 43.3 Å².